The fraction of sp³-hybridized carbons (Fsp3) is 0.643. The lowest BCUT2D eigenvalue weighted by molar-refractivity contribution is 0.315. The van der Waals surface area contributed by atoms with Gasteiger partial charge in [-0.25, -0.2) is 4.98 Å². The number of aromatic nitrogens is 1. The van der Waals surface area contributed by atoms with E-state index in [-0.39, 0.29) is 0 Å². The molecule has 1 aromatic heterocycles. The summed E-state index contributed by atoms with van der Waals surface area (Å²) in [5, 5.41) is 4.45. The van der Waals surface area contributed by atoms with E-state index in [9.17, 15) is 0 Å². The SMILES string of the molecule is CCCNc1nc(N2CCC(N(C)C)C2)c(Cl)cc1Cl. The van der Waals surface area contributed by atoms with Gasteiger partial charge in [-0.3, -0.25) is 0 Å². The smallest absolute Gasteiger partial charge is 0.150 e. The number of likely N-dealkylation sites (N-methyl/N-ethyl adjacent to an activating group) is 1. The van der Waals surface area contributed by atoms with Gasteiger partial charge in [0.2, 0.25) is 0 Å². The molecule has 112 valence electrons. The summed E-state index contributed by atoms with van der Waals surface area (Å²) in [4.78, 5) is 9.10. The van der Waals surface area contributed by atoms with E-state index >= 15 is 0 Å². The summed E-state index contributed by atoms with van der Waals surface area (Å²) in [6.45, 7) is 4.90. The summed E-state index contributed by atoms with van der Waals surface area (Å²) >= 11 is 12.5. The molecule has 0 spiro atoms. The molecular formula is C14H22Cl2N4. The van der Waals surface area contributed by atoms with Gasteiger partial charge in [0.05, 0.1) is 10.0 Å². The van der Waals surface area contributed by atoms with Gasteiger partial charge in [-0.05, 0) is 33.0 Å². The molecule has 0 aliphatic carbocycles. The molecule has 1 N–H and O–H groups in total. The third-order valence-corrected chi connectivity index (χ3v) is 4.21. The lowest BCUT2D eigenvalue weighted by atomic mass is 10.2. The number of nitrogens with zero attached hydrogens (tertiary/aromatic N) is 3. The van der Waals surface area contributed by atoms with Gasteiger partial charge < -0.3 is 15.1 Å². The van der Waals surface area contributed by atoms with E-state index in [1.54, 1.807) is 6.07 Å². The van der Waals surface area contributed by atoms with Crippen molar-refractivity contribution < 1.29 is 0 Å². The fourth-order valence-corrected chi connectivity index (χ4v) is 2.95. The standard InChI is InChI=1S/C14H22Cl2N4/c1-4-6-17-13-11(15)8-12(16)14(18-13)20-7-5-10(9-20)19(2)3/h8,10H,4-7,9H2,1-3H3,(H,17,18). The minimum absolute atomic E-state index is 0.551. The summed E-state index contributed by atoms with van der Waals surface area (Å²) < 4.78 is 0. The quantitative estimate of drug-likeness (QED) is 0.902. The van der Waals surface area contributed by atoms with Gasteiger partial charge in [0.1, 0.15) is 11.6 Å². The van der Waals surface area contributed by atoms with Crippen LogP contribution >= 0.6 is 23.2 Å². The number of hydrogen-bond donors (Lipinski definition) is 1. The van der Waals surface area contributed by atoms with Gasteiger partial charge in [0, 0.05) is 25.7 Å². The predicted molar refractivity (Wildman–Crippen MR) is 87.3 cm³/mol. The van der Waals surface area contributed by atoms with Crippen molar-refractivity contribution in [3.63, 3.8) is 0 Å². The maximum Gasteiger partial charge on any atom is 0.150 e. The topological polar surface area (TPSA) is 31.4 Å². The number of halogens is 2. The minimum Gasteiger partial charge on any atom is -0.369 e. The van der Waals surface area contributed by atoms with Gasteiger partial charge in [0.15, 0.2) is 0 Å². The molecule has 1 aliphatic rings. The van der Waals surface area contributed by atoms with Crippen LogP contribution in [0.3, 0.4) is 0 Å². The van der Waals surface area contributed by atoms with Crippen LogP contribution in [0.15, 0.2) is 6.07 Å². The Balaban J connectivity index is 2.19. The molecule has 1 saturated heterocycles. The first kappa shape index (κ1) is 15.7. The average molecular weight is 317 g/mol. The largest absolute Gasteiger partial charge is 0.369 e. The van der Waals surface area contributed by atoms with Gasteiger partial charge in [-0.1, -0.05) is 30.1 Å². The van der Waals surface area contributed by atoms with Crippen LogP contribution in [0.1, 0.15) is 19.8 Å². The van der Waals surface area contributed by atoms with Crippen LogP contribution in [0.25, 0.3) is 0 Å². The van der Waals surface area contributed by atoms with Crippen LogP contribution in [-0.4, -0.2) is 49.7 Å². The van der Waals surface area contributed by atoms with Crippen molar-refractivity contribution >= 4 is 34.8 Å². The fourth-order valence-electron chi connectivity index (χ4n) is 2.40. The van der Waals surface area contributed by atoms with Crippen molar-refractivity contribution in [1.82, 2.24) is 9.88 Å². The molecule has 0 amide bonds. The normalized spacial score (nSPS) is 18.9. The van der Waals surface area contributed by atoms with Gasteiger partial charge >= 0.3 is 0 Å². The first-order valence-electron chi connectivity index (χ1n) is 7.04. The molecule has 1 unspecified atom stereocenters. The molecule has 1 aromatic rings. The summed E-state index contributed by atoms with van der Waals surface area (Å²) in [5.74, 6) is 1.56. The first-order valence-corrected chi connectivity index (χ1v) is 7.79. The lowest BCUT2D eigenvalue weighted by Gasteiger charge is -2.22. The Hall–Kier alpha value is -0.710. The summed E-state index contributed by atoms with van der Waals surface area (Å²) in [7, 11) is 4.22. The molecule has 2 rings (SSSR count). The lowest BCUT2D eigenvalue weighted by Crippen LogP contribution is -2.31. The molecule has 20 heavy (non-hydrogen) atoms. The molecule has 0 radical (unpaired) electrons. The molecule has 1 aliphatic heterocycles. The first-order chi connectivity index (χ1) is 9.52. The van der Waals surface area contributed by atoms with Gasteiger partial charge in [0.25, 0.3) is 0 Å². The van der Waals surface area contributed by atoms with Crippen molar-refractivity contribution in [2.45, 2.75) is 25.8 Å². The Morgan fingerprint density at radius 3 is 2.75 bits per heavy atom. The van der Waals surface area contributed by atoms with Crippen LogP contribution < -0.4 is 10.2 Å². The van der Waals surface area contributed by atoms with Crippen molar-refractivity contribution in [2.24, 2.45) is 0 Å². The van der Waals surface area contributed by atoms with Gasteiger partial charge in [-0.2, -0.15) is 0 Å². The molecular weight excluding hydrogens is 295 g/mol. The Morgan fingerprint density at radius 1 is 1.40 bits per heavy atom. The number of rotatable bonds is 5. The third-order valence-electron chi connectivity index (χ3n) is 3.65. The van der Waals surface area contributed by atoms with Crippen LogP contribution in [0.4, 0.5) is 11.6 Å². The van der Waals surface area contributed by atoms with E-state index in [2.05, 4.69) is 41.1 Å². The highest BCUT2D eigenvalue weighted by Gasteiger charge is 2.26. The zero-order valence-electron chi connectivity index (χ0n) is 12.3. The van der Waals surface area contributed by atoms with Gasteiger partial charge in [-0.15, -0.1) is 0 Å². The molecule has 4 nitrogen and oxygen atoms in total. The van der Waals surface area contributed by atoms with Crippen molar-refractivity contribution in [3.8, 4) is 0 Å². The minimum atomic E-state index is 0.551. The van der Waals surface area contributed by atoms with Crippen molar-refractivity contribution in [1.29, 1.82) is 0 Å². The van der Waals surface area contributed by atoms with E-state index < -0.39 is 0 Å². The van der Waals surface area contributed by atoms with E-state index in [0.717, 1.165) is 44.1 Å². The Morgan fingerprint density at radius 2 is 2.15 bits per heavy atom. The molecule has 0 aromatic carbocycles. The average Bonchev–Trinajstić information content (AvgIpc) is 2.87. The predicted octanol–water partition coefficient (Wildman–Crippen LogP) is 3.35. The molecule has 0 saturated carbocycles. The maximum absolute atomic E-state index is 6.31. The van der Waals surface area contributed by atoms with E-state index in [1.165, 1.54) is 0 Å². The highest BCUT2D eigenvalue weighted by Crippen LogP contribution is 2.33. The van der Waals surface area contributed by atoms with E-state index in [0.29, 0.717) is 16.1 Å². The van der Waals surface area contributed by atoms with Crippen LogP contribution in [0.2, 0.25) is 10.0 Å². The second-order valence-electron chi connectivity index (χ2n) is 5.40. The molecule has 1 fully saturated rings. The summed E-state index contributed by atoms with van der Waals surface area (Å²) in [5.41, 5.74) is 0. The highest BCUT2D eigenvalue weighted by atomic mass is 35.5. The van der Waals surface area contributed by atoms with Crippen LogP contribution in [0, 0.1) is 0 Å². The Labute approximate surface area is 131 Å². The van der Waals surface area contributed by atoms with E-state index in [4.69, 9.17) is 23.2 Å². The third kappa shape index (κ3) is 3.48. The van der Waals surface area contributed by atoms with Crippen LogP contribution in [0.5, 0.6) is 0 Å². The van der Waals surface area contributed by atoms with Crippen molar-refractivity contribution in [2.75, 3.05) is 43.9 Å². The molecule has 0 bridgehead atoms. The van der Waals surface area contributed by atoms with E-state index in [1.807, 2.05) is 0 Å². The Bertz CT molecular complexity index is 465. The second kappa shape index (κ2) is 6.83. The number of pyridine rings is 1. The zero-order valence-corrected chi connectivity index (χ0v) is 13.8. The molecule has 2 heterocycles. The summed E-state index contributed by atoms with van der Waals surface area (Å²) in [6, 6.07) is 2.34. The maximum atomic E-state index is 6.31. The molecule has 1 atom stereocenters. The zero-order chi connectivity index (χ0) is 14.7. The second-order valence-corrected chi connectivity index (χ2v) is 6.22. The summed E-state index contributed by atoms with van der Waals surface area (Å²) in [6.07, 6.45) is 2.16. The monoisotopic (exact) mass is 316 g/mol. The highest BCUT2D eigenvalue weighted by molar-refractivity contribution is 6.37. The number of hydrogen-bond acceptors (Lipinski definition) is 4. The molecule has 6 heteroatoms. The number of anilines is 2. The Kier molecular flexibility index (Phi) is 5.35. The van der Waals surface area contributed by atoms with Crippen molar-refractivity contribution in [3.05, 3.63) is 16.1 Å². The van der Waals surface area contributed by atoms with Crippen LogP contribution in [-0.2, 0) is 0 Å². The number of nitrogens with one attached hydrogen (secondary N) is 1.